The maximum absolute atomic E-state index is 10.7. The van der Waals surface area contributed by atoms with Crippen molar-refractivity contribution in [2.75, 3.05) is 11.5 Å². The van der Waals surface area contributed by atoms with Crippen molar-refractivity contribution in [1.82, 2.24) is 0 Å². The van der Waals surface area contributed by atoms with E-state index in [4.69, 9.17) is 16.1 Å². The maximum atomic E-state index is 10.7. The summed E-state index contributed by atoms with van der Waals surface area (Å²) in [6.07, 6.45) is 0. The molecule has 0 rings (SSSR count). The summed E-state index contributed by atoms with van der Waals surface area (Å²) >= 11 is 0. The monoisotopic (exact) mass is 176 g/mol. The summed E-state index contributed by atoms with van der Waals surface area (Å²) in [4.78, 5) is 10.1. The predicted octanol–water partition coefficient (Wildman–Crippen LogP) is -1.33. The van der Waals surface area contributed by atoms with Gasteiger partial charge in [-0.25, -0.2) is 0 Å². The molecule has 0 saturated heterocycles. The molecule has 0 aliphatic heterocycles. The van der Waals surface area contributed by atoms with Crippen molar-refractivity contribution < 1.29 is 14.1 Å². The normalized spacial score (nSPS) is 14.9. The zero-order valence-electron chi connectivity index (χ0n) is 5.69. The molecular formula is C5H8N2O3S. The Bertz CT molecular complexity index is 210. The molecule has 0 aromatic heterocycles. The Hall–Kier alpha value is -0.930. The molecule has 0 radical (unpaired) electrons. The van der Waals surface area contributed by atoms with Gasteiger partial charge < -0.3 is 10.8 Å². The average Bonchev–Trinajstić information content (AvgIpc) is 1.87. The standard InChI is InChI=1S/C5H8N2O3S/c6-1-2-11(10)3-4(7)5(8)9/h4H,2-3,7H2,(H,8,9)/t4-,11-/m1/s1. The summed E-state index contributed by atoms with van der Waals surface area (Å²) in [6.45, 7) is 0. The summed E-state index contributed by atoms with van der Waals surface area (Å²) in [5, 5.41) is 16.3. The van der Waals surface area contributed by atoms with E-state index in [2.05, 4.69) is 0 Å². The van der Waals surface area contributed by atoms with Crippen molar-refractivity contribution in [3.8, 4) is 6.07 Å². The van der Waals surface area contributed by atoms with Crippen LogP contribution in [0.1, 0.15) is 0 Å². The third-order valence-corrected chi connectivity index (χ3v) is 2.09. The Labute approximate surface area is 66.3 Å². The van der Waals surface area contributed by atoms with Crippen LogP contribution in [0.5, 0.6) is 0 Å². The van der Waals surface area contributed by atoms with Crippen molar-refractivity contribution in [2.45, 2.75) is 6.04 Å². The fourth-order valence-electron chi connectivity index (χ4n) is 0.402. The number of rotatable bonds is 4. The molecule has 0 aliphatic carbocycles. The summed E-state index contributed by atoms with van der Waals surface area (Å²) < 4.78 is 10.7. The van der Waals surface area contributed by atoms with Gasteiger partial charge in [-0.1, -0.05) is 0 Å². The summed E-state index contributed by atoms with van der Waals surface area (Å²) in [5.41, 5.74) is 5.05. The number of carboxylic acid groups (broad SMARTS) is 1. The van der Waals surface area contributed by atoms with Crippen molar-refractivity contribution in [3.05, 3.63) is 0 Å². The topological polar surface area (TPSA) is 104 Å². The number of nitrogens with two attached hydrogens (primary N) is 1. The molecule has 0 aliphatic rings. The molecule has 62 valence electrons. The molecule has 0 spiro atoms. The van der Waals surface area contributed by atoms with Crippen LogP contribution in [0.15, 0.2) is 0 Å². The molecule has 0 unspecified atom stereocenters. The zero-order chi connectivity index (χ0) is 8.85. The van der Waals surface area contributed by atoms with Crippen molar-refractivity contribution in [3.63, 3.8) is 0 Å². The summed E-state index contributed by atoms with van der Waals surface area (Å²) in [5.74, 6) is -1.53. The number of hydrogen-bond acceptors (Lipinski definition) is 4. The number of aliphatic carboxylic acids is 1. The van der Waals surface area contributed by atoms with Gasteiger partial charge in [0.15, 0.2) is 0 Å². The van der Waals surface area contributed by atoms with E-state index in [0.29, 0.717) is 0 Å². The molecule has 5 nitrogen and oxygen atoms in total. The van der Waals surface area contributed by atoms with Crippen LogP contribution in [0.2, 0.25) is 0 Å². The molecule has 0 saturated carbocycles. The molecule has 0 aromatic carbocycles. The predicted molar refractivity (Wildman–Crippen MR) is 39.1 cm³/mol. The minimum atomic E-state index is -1.44. The van der Waals surface area contributed by atoms with Gasteiger partial charge in [-0.05, 0) is 0 Å². The molecule has 0 bridgehead atoms. The smallest absolute Gasteiger partial charge is 0.321 e. The fourth-order valence-corrected chi connectivity index (χ4v) is 1.21. The van der Waals surface area contributed by atoms with Crippen LogP contribution in [0.3, 0.4) is 0 Å². The van der Waals surface area contributed by atoms with Gasteiger partial charge >= 0.3 is 5.97 Å². The van der Waals surface area contributed by atoms with Gasteiger partial charge in [0.1, 0.15) is 11.8 Å². The van der Waals surface area contributed by atoms with E-state index < -0.39 is 22.8 Å². The van der Waals surface area contributed by atoms with E-state index in [-0.39, 0.29) is 11.5 Å². The lowest BCUT2D eigenvalue weighted by atomic mass is 10.4. The first-order valence-electron chi connectivity index (χ1n) is 2.78. The van der Waals surface area contributed by atoms with Gasteiger partial charge in [0.05, 0.1) is 11.8 Å². The SMILES string of the molecule is N#CC[S@@](=O)C[C@@H](N)C(=O)O. The molecule has 0 heterocycles. The quantitative estimate of drug-likeness (QED) is 0.552. The molecular weight excluding hydrogens is 168 g/mol. The number of carboxylic acids is 1. The highest BCUT2D eigenvalue weighted by molar-refractivity contribution is 7.85. The Balaban J connectivity index is 3.77. The molecule has 2 atom stereocenters. The van der Waals surface area contributed by atoms with Crippen molar-refractivity contribution in [2.24, 2.45) is 5.73 Å². The van der Waals surface area contributed by atoms with Gasteiger partial charge in [-0.15, -0.1) is 0 Å². The van der Waals surface area contributed by atoms with E-state index in [0.717, 1.165) is 0 Å². The highest BCUT2D eigenvalue weighted by atomic mass is 32.2. The third-order valence-electron chi connectivity index (χ3n) is 0.908. The first-order valence-corrected chi connectivity index (χ1v) is 4.27. The van der Waals surface area contributed by atoms with Crippen LogP contribution in [-0.2, 0) is 15.6 Å². The lowest BCUT2D eigenvalue weighted by Gasteiger charge is -2.02. The fraction of sp³-hybridized carbons (Fsp3) is 0.600. The summed E-state index contributed by atoms with van der Waals surface area (Å²) in [6, 6.07) is 0.528. The maximum Gasteiger partial charge on any atom is 0.321 e. The van der Waals surface area contributed by atoms with E-state index in [1.165, 1.54) is 0 Å². The number of nitrogens with zero attached hydrogens (tertiary/aromatic N) is 1. The minimum Gasteiger partial charge on any atom is -0.480 e. The van der Waals surface area contributed by atoms with Crippen LogP contribution in [0.25, 0.3) is 0 Å². The van der Waals surface area contributed by atoms with Crippen molar-refractivity contribution in [1.29, 1.82) is 5.26 Å². The van der Waals surface area contributed by atoms with Crippen molar-refractivity contribution >= 4 is 16.8 Å². The molecule has 11 heavy (non-hydrogen) atoms. The molecule has 0 aromatic rings. The van der Waals surface area contributed by atoms with Gasteiger partial charge in [0.2, 0.25) is 0 Å². The highest BCUT2D eigenvalue weighted by Gasteiger charge is 2.14. The van der Waals surface area contributed by atoms with E-state index >= 15 is 0 Å². The number of carbonyl (C=O) groups is 1. The molecule has 3 N–H and O–H groups in total. The van der Waals surface area contributed by atoms with Gasteiger partial charge in [0, 0.05) is 10.8 Å². The average molecular weight is 176 g/mol. The van der Waals surface area contributed by atoms with Gasteiger partial charge in [0.25, 0.3) is 0 Å². The lowest BCUT2D eigenvalue weighted by molar-refractivity contribution is -0.137. The van der Waals surface area contributed by atoms with Crippen LogP contribution in [0, 0.1) is 11.3 Å². The molecule has 0 amide bonds. The Morgan fingerprint density at radius 2 is 2.36 bits per heavy atom. The van der Waals surface area contributed by atoms with Crippen LogP contribution in [0.4, 0.5) is 0 Å². The Morgan fingerprint density at radius 1 is 1.82 bits per heavy atom. The second-order valence-electron chi connectivity index (χ2n) is 1.85. The second kappa shape index (κ2) is 4.82. The van der Waals surface area contributed by atoms with Gasteiger partial charge in [-0.3, -0.25) is 9.00 Å². The number of nitriles is 1. The summed E-state index contributed by atoms with van der Waals surface area (Å²) in [7, 11) is -1.44. The van der Waals surface area contributed by atoms with Crippen LogP contribution >= 0.6 is 0 Å². The minimum absolute atomic E-state index is 0.164. The lowest BCUT2D eigenvalue weighted by Crippen LogP contribution is -2.35. The largest absolute Gasteiger partial charge is 0.480 e. The Morgan fingerprint density at radius 3 is 2.73 bits per heavy atom. The number of hydrogen-bond donors (Lipinski definition) is 2. The second-order valence-corrected chi connectivity index (χ2v) is 3.36. The van der Waals surface area contributed by atoms with E-state index in [1.807, 2.05) is 0 Å². The Kier molecular flexibility index (Phi) is 4.41. The molecule has 0 fully saturated rings. The van der Waals surface area contributed by atoms with E-state index in [1.54, 1.807) is 6.07 Å². The van der Waals surface area contributed by atoms with E-state index in [9.17, 15) is 9.00 Å². The molecule has 6 heteroatoms. The third kappa shape index (κ3) is 4.47. The first kappa shape index (κ1) is 10.1. The van der Waals surface area contributed by atoms with Crippen LogP contribution < -0.4 is 5.73 Å². The highest BCUT2D eigenvalue weighted by Crippen LogP contribution is 1.86. The zero-order valence-corrected chi connectivity index (χ0v) is 6.50. The van der Waals surface area contributed by atoms with Gasteiger partial charge in [-0.2, -0.15) is 5.26 Å². The first-order chi connectivity index (χ1) is 5.07. The van der Waals surface area contributed by atoms with Crippen LogP contribution in [-0.4, -0.2) is 32.8 Å².